The van der Waals surface area contributed by atoms with Crippen molar-refractivity contribution in [1.29, 1.82) is 0 Å². The van der Waals surface area contributed by atoms with Gasteiger partial charge in [-0.15, -0.1) is 0 Å². The Morgan fingerprint density at radius 1 is 1.38 bits per heavy atom. The van der Waals surface area contributed by atoms with Gasteiger partial charge >= 0.3 is 0 Å². The molecule has 1 saturated carbocycles. The quantitative estimate of drug-likeness (QED) is 0.656. The van der Waals surface area contributed by atoms with Crippen molar-refractivity contribution < 1.29 is 4.74 Å². The summed E-state index contributed by atoms with van der Waals surface area (Å²) >= 11 is 0. The molecule has 0 aliphatic heterocycles. The van der Waals surface area contributed by atoms with Gasteiger partial charge in [-0.1, -0.05) is 20.3 Å². The summed E-state index contributed by atoms with van der Waals surface area (Å²) in [7, 11) is 1.85. The van der Waals surface area contributed by atoms with Crippen LogP contribution in [0.5, 0.6) is 0 Å². The summed E-state index contributed by atoms with van der Waals surface area (Å²) in [5.74, 6) is 0.834. The molecular formula is C11H23NO. The summed E-state index contributed by atoms with van der Waals surface area (Å²) in [4.78, 5) is 0. The van der Waals surface area contributed by atoms with Gasteiger partial charge in [0.1, 0.15) is 0 Å². The van der Waals surface area contributed by atoms with E-state index in [1.807, 2.05) is 7.11 Å². The van der Waals surface area contributed by atoms with Crippen molar-refractivity contribution in [2.24, 2.45) is 5.92 Å². The largest absolute Gasteiger partial charge is 0.380 e. The smallest absolute Gasteiger partial charge is 0.0752 e. The lowest BCUT2D eigenvalue weighted by Crippen LogP contribution is -2.42. The van der Waals surface area contributed by atoms with E-state index in [9.17, 15) is 0 Å². The fourth-order valence-electron chi connectivity index (χ4n) is 2.07. The number of methoxy groups -OCH3 is 1. The van der Waals surface area contributed by atoms with Crippen LogP contribution in [0.4, 0.5) is 0 Å². The maximum absolute atomic E-state index is 5.58. The van der Waals surface area contributed by atoms with E-state index in [2.05, 4.69) is 19.2 Å². The fourth-order valence-corrected chi connectivity index (χ4v) is 2.07. The lowest BCUT2D eigenvalue weighted by atomic mass is 10.0. The highest BCUT2D eigenvalue weighted by molar-refractivity contribution is 4.89. The zero-order valence-electron chi connectivity index (χ0n) is 9.18. The molecule has 2 nitrogen and oxygen atoms in total. The molecule has 2 atom stereocenters. The average molecular weight is 185 g/mol. The molecule has 0 aromatic carbocycles. The number of nitrogens with one attached hydrogen (secondary N) is 1. The van der Waals surface area contributed by atoms with Crippen LogP contribution in [0.2, 0.25) is 0 Å². The summed E-state index contributed by atoms with van der Waals surface area (Å²) in [6, 6.07) is 0.576. The van der Waals surface area contributed by atoms with Gasteiger partial charge in [0.05, 0.1) is 6.10 Å². The molecule has 1 aliphatic rings. The van der Waals surface area contributed by atoms with E-state index in [1.165, 1.54) is 25.7 Å². The van der Waals surface area contributed by atoms with Gasteiger partial charge in [0, 0.05) is 13.2 Å². The number of ether oxygens (including phenoxy) is 1. The topological polar surface area (TPSA) is 21.3 Å². The van der Waals surface area contributed by atoms with Gasteiger partial charge < -0.3 is 10.1 Å². The molecule has 0 radical (unpaired) electrons. The van der Waals surface area contributed by atoms with Crippen LogP contribution in [0, 0.1) is 5.92 Å². The predicted molar refractivity (Wildman–Crippen MR) is 55.9 cm³/mol. The van der Waals surface area contributed by atoms with Gasteiger partial charge in [0.2, 0.25) is 0 Å². The molecule has 2 unspecified atom stereocenters. The van der Waals surface area contributed by atoms with E-state index in [0.717, 1.165) is 12.5 Å². The summed E-state index contributed by atoms with van der Waals surface area (Å²) in [5, 5.41) is 3.53. The minimum atomic E-state index is 0.458. The van der Waals surface area contributed by atoms with Crippen LogP contribution < -0.4 is 5.32 Å². The first-order valence-electron chi connectivity index (χ1n) is 5.59. The normalized spacial score (nSPS) is 21.5. The Bertz CT molecular complexity index is 128. The highest BCUT2D eigenvalue weighted by atomic mass is 16.5. The number of hydrogen-bond donors (Lipinski definition) is 1. The predicted octanol–water partition coefficient (Wildman–Crippen LogP) is 2.19. The van der Waals surface area contributed by atoms with E-state index in [1.54, 1.807) is 0 Å². The third-order valence-corrected chi connectivity index (χ3v) is 2.82. The van der Waals surface area contributed by atoms with Crippen molar-refractivity contribution in [1.82, 2.24) is 5.32 Å². The summed E-state index contributed by atoms with van der Waals surface area (Å²) in [6.07, 6.45) is 5.67. The van der Waals surface area contributed by atoms with Gasteiger partial charge in [-0.05, 0) is 31.7 Å². The van der Waals surface area contributed by atoms with Crippen molar-refractivity contribution in [3.63, 3.8) is 0 Å². The summed E-state index contributed by atoms with van der Waals surface area (Å²) in [5.41, 5.74) is 0. The molecular weight excluding hydrogens is 162 g/mol. The molecule has 1 rings (SSSR count). The molecule has 0 aromatic heterocycles. The molecule has 0 amide bonds. The van der Waals surface area contributed by atoms with E-state index < -0.39 is 0 Å². The first-order valence-corrected chi connectivity index (χ1v) is 5.59. The zero-order chi connectivity index (χ0) is 9.68. The molecule has 1 aliphatic carbocycles. The Labute approximate surface area is 82.0 Å². The molecule has 1 N–H and O–H groups in total. The van der Waals surface area contributed by atoms with Crippen molar-refractivity contribution in [3.8, 4) is 0 Å². The lowest BCUT2D eigenvalue weighted by Gasteiger charge is -2.26. The maximum atomic E-state index is 5.58. The third-order valence-electron chi connectivity index (χ3n) is 2.82. The first-order chi connectivity index (χ1) is 6.33. The van der Waals surface area contributed by atoms with E-state index >= 15 is 0 Å². The molecule has 0 bridgehead atoms. The second-order valence-corrected chi connectivity index (χ2v) is 3.99. The molecule has 2 heteroatoms. The SMILES string of the molecule is CCCC(NCC)C(OC)C1CC1. The lowest BCUT2D eigenvalue weighted by molar-refractivity contribution is 0.0486. The summed E-state index contributed by atoms with van der Waals surface area (Å²) < 4.78 is 5.58. The van der Waals surface area contributed by atoms with Crippen LogP contribution >= 0.6 is 0 Å². The Morgan fingerprint density at radius 2 is 2.08 bits per heavy atom. The third kappa shape index (κ3) is 3.28. The minimum Gasteiger partial charge on any atom is -0.380 e. The monoisotopic (exact) mass is 185 g/mol. The fraction of sp³-hybridized carbons (Fsp3) is 1.00. The van der Waals surface area contributed by atoms with E-state index in [4.69, 9.17) is 4.74 Å². The Morgan fingerprint density at radius 3 is 2.46 bits per heavy atom. The number of rotatable bonds is 7. The van der Waals surface area contributed by atoms with Crippen LogP contribution in [-0.2, 0) is 4.74 Å². The number of likely N-dealkylation sites (N-methyl/N-ethyl adjacent to an activating group) is 1. The van der Waals surface area contributed by atoms with Crippen LogP contribution in [0.1, 0.15) is 39.5 Å². The van der Waals surface area contributed by atoms with Crippen LogP contribution in [-0.4, -0.2) is 25.8 Å². The van der Waals surface area contributed by atoms with Crippen molar-refractivity contribution in [2.45, 2.75) is 51.7 Å². The first kappa shape index (κ1) is 11.0. The van der Waals surface area contributed by atoms with Crippen molar-refractivity contribution in [2.75, 3.05) is 13.7 Å². The van der Waals surface area contributed by atoms with Crippen molar-refractivity contribution in [3.05, 3.63) is 0 Å². The molecule has 78 valence electrons. The van der Waals surface area contributed by atoms with Gasteiger partial charge in [-0.3, -0.25) is 0 Å². The summed E-state index contributed by atoms with van der Waals surface area (Å²) in [6.45, 7) is 5.46. The molecule has 1 fully saturated rings. The Balaban J connectivity index is 2.38. The maximum Gasteiger partial charge on any atom is 0.0752 e. The molecule has 13 heavy (non-hydrogen) atoms. The Kier molecular flexibility index (Phi) is 4.74. The molecule has 0 saturated heterocycles. The minimum absolute atomic E-state index is 0.458. The van der Waals surface area contributed by atoms with Crippen LogP contribution in [0.25, 0.3) is 0 Å². The second-order valence-electron chi connectivity index (χ2n) is 3.99. The van der Waals surface area contributed by atoms with Crippen LogP contribution in [0.15, 0.2) is 0 Å². The van der Waals surface area contributed by atoms with Gasteiger partial charge in [0.25, 0.3) is 0 Å². The van der Waals surface area contributed by atoms with E-state index in [-0.39, 0.29) is 0 Å². The molecule has 0 aromatic rings. The average Bonchev–Trinajstić information content (AvgIpc) is 2.90. The zero-order valence-corrected chi connectivity index (χ0v) is 9.18. The van der Waals surface area contributed by atoms with Gasteiger partial charge in [0.15, 0.2) is 0 Å². The van der Waals surface area contributed by atoms with E-state index in [0.29, 0.717) is 12.1 Å². The standard InChI is InChI=1S/C11H23NO/c1-4-6-10(12-5-2)11(13-3)9-7-8-9/h9-12H,4-8H2,1-3H3. The Hall–Kier alpha value is -0.0800. The number of hydrogen-bond acceptors (Lipinski definition) is 2. The molecule has 0 heterocycles. The van der Waals surface area contributed by atoms with Gasteiger partial charge in [-0.25, -0.2) is 0 Å². The van der Waals surface area contributed by atoms with Crippen molar-refractivity contribution >= 4 is 0 Å². The molecule has 0 spiro atoms. The second kappa shape index (κ2) is 5.61. The highest BCUT2D eigenvalue weighted by Crippen LogP contribution is 2.36. The van der Waals surface area contributed by atoms with Gasteiger partial charge in [-0.2, -0.15) is 0 Å². The van der Waals surface area contributed by atoms with Crippen LogP contribution in [0.3, 0.4) is 0 Å². The highest BCUT2D eigenvalue weighted by Gasteiger charge is 2.35.